The Bertz CT molecular complexity index is 1120. The number of hydrogen-bond acceptors (Lipinski definition) is 6. The summed E-state index contributed by atoms with van der Waals surface area (Å²) in [4.78, 5) is 39.3. The van der Waals surface area contributed by atoms with Crippen LogP contribution in [0.15, 0.2) is 84.9 Å². The van der Waals surface area contributed by atoms with Crippen molar-refractivity contribution in [1.29, 1.82) is 0 Å². The molecular weight excluding hydrogens is 472 g/mol. The lowest BCUT2D eigenvalue weighted by atomic mass is 9.99. The van der Waals surface area contributed by atoms with Gasteiger partial charge in [0.25, 0.3) is 0 Å². The number of aliphatic carboxylic acids is 1. The van der Waals surface area contributed by atoms with Gasteiger partial charge >= 0.3 is 12.0 Å². The number of amides is 3. The van der Waals surface area contributed by atoms with E-state index in [0.29, 0.717) is 19.4 Å². The number of nitrogens with zero attached hydrogens (tertiary/aromatic N) is 1. The third-order valence-electron chi connectivity index (χ3n) is 5.82. The fraction of sp³-hybridized carbons (Fsp3) is 0.250. The summed E-state index contributed by atoms with van der Waals surface area (Å²) in [5, 5.41) is 25.0. The summed E-state index contributed by atoms with van der Waals surface area (Å²) in [6, 6.07) is 22.7. The maximum Gasteiger partial charge on any atom is 0.325 e. The van der Waals surface area contributed by atoms with Crippen LogP contribution in [0.3, 0.4) is 0 Å². The highest BCUT2D eigenvalue weighted by atomic mass is 16.4. The van der Waals surface area contributed by atoms with Crippen molar-refractivity contribution in [3.8, 4) is 5.75 Å². The van der Waals surface area contributed by atoms with Crippen molar-refractivity contribution in [2.24, 2.45) is 5.73 Å². The van der Waals surface area contributed by atoms with Crippen LogP contribution in [-0.4, -0.2) is 52.2 Å². The highest BCUT2D eigenvalue weighted by Crippen LogP contribution is 2.22. The summed E-state index contributed by atoms with van der Waals surface area (Å²) in [5.74, 6) is -1.85. The molecule has 0 saturated heterocycles. The average Bonchev–Trinajstić information content (AvgIpc) is 2.92. The van der Waals surface area contributed by atoms with Crippen molar-refractivity contribution >= 4 is 17.9 Å². The average molecular weight is 505 g/mol. The summed E-state index contributed by atoms with van der Waals surface area (Å²) >= 11 is 0. The maximum absolute atomic E-state index is 13.5. The minimum Gasteiger partial charge on any atom is -0.508 e. The number of carboxylic acids is 1. The number of urea groups is 1. The smallest absolute Gasteiger partial charge is 0.325 e. The van der Waals surface area contributed by atoms with Crippen LogP contribution in [0.5, 0.6) is 5.75 Å². The van der Waals surface area contributed by atoms with Gasteiger partial charge in [-0.3, -0.25) is 14.5 Å². The predicted octanol–water partition coefficient (Wildman–Crippen LogP) is 3.00. The second-order valence-electron chi connectivity index (χ2n) is 8.55. The first-order valence-corrected chi connectivity index (χ1v) is 12.0. The van der Waals surface area contributed by atoms with E-state index in [0.717, 1.165) is 21.6 Å². The number of imide groups is 1. The molecule has 0 spiro atoms. The van der Waals surface area contributed by atoms with Gasteiger partial charge in [0.05, 0.1) is 12.1 Å². The van der Waals surface area contributed by atoms with Crippen LogP contribution in [0.1, 0.15) is 35.6 Å². The first-order valence-electron chi connectivity index (χ1n) is 12.0. The zero-order valence-electron chi connectivity index (χ0n) is 20.4. The van der Waals surface area contributed by atoms with Crippen LogP contribution < -0.4 is 16.4 Å². The molecule has 3 aromatic rings. The van der Waals surface area contributed by atoms with Gasteiger partial charge in [-0.25, -0.2) is 4.79 Å². The maximum atomic E-state index is 13.5. The van der Waals surface area contributed by atoms with Gasteiger partial charge in [0.2, 0.25) is 5.91 Å². The molecule has 0 saturated carbocycles. The molecule has 1 atom stereocenters. The number of hydrogen-bond donors (Lipinski definition) is 5. The van der Waals surface area contributed by atoms with E-state index in [2.05, 4.69) is 10.6 Å². The van der Waals surface area contributed by atoms with Crippen LogP contribution in [-0.2, 0) is 16.1 Å². The molecule has 3 aromatic carbocycles. The van der Waals surface area contributed by atoms with Crippen molar-refractivity contribution in [3.05, 3.63) is 102 Å². The molecule has 0 heterocycles. The summed E-state index contributed by atoms with van der Waals surface area (Å²) in [5.41, 5.74) is 8.04. The topological polar surface area (TPSA) is 145 Å². The first kappa shape index (κ1) is 27.4. The molecule has 3 rings (SSSR count). The molecule has 0 bridgehead atoms. The summed E-state index contributed by atoms with van der Waals surface area (Å²) in [6.07, 6.45) is 0.815. The zero-order valence-corrected chi connectivity index (χ0v) is 20.4. The summed E-state index contributed by atoms with van der Waals surface area (Å²) in [6.45, 7) is -0.179. The molecule has 0 aliphatic carbocycles. The molecule has 3 amide bonds. The second kappa shape index (κ2) is 13.8. The Morgan fingerprint density at radius 1 is 0.865 bits per heavy atom. The number of carbonyl (C=O) groups excluding carboxylic acids is 2. The third kappa shape index (κ3) is 8.16. The van der Waals surface area contributed by atoms with E-state index in [1.807, 2.05) is 60.7 Å². The van der Waals surface area contributed by atoms with Gasteiger partial charge in [-0.2, -0.15) is 0 Å². The van der Waals surface area contributed by atoms with Crippen LogP contribution in [0.4, 0.5) is 4.79 Å². The molecule has 9 heteroatoms. The number of carboxylic acid groups (broad SMARTS) is 1. The zero-order chi connectivity index (χ0) is 26.6. The van der Waals surface area contributed by atoms with Gasteiger partial charge in [-0.1, -0.05) is 72.8 Å². The Morgan fingerprint density at radius 2 is 1.43 bits per heavy atom. The molecule has 0 radical (unpaired) electrons. The molecule has 37 heavy (non-hydrogen) atoms. The molecular formula is C28H32N4O5. The predicted molar refractivity (Wildman–Crippen MR) is 140 cm³/mol. The number of carbonyl (C=O) groups is 3. The Balaban J connectivity index is 1.83. The van der Waals surface area contributed by atoms with Crippen LogP contribution >= 0.6 is 0 Å². The van der Waals surface area contributed by atoms with Gasteiger partial charge < -0.3 is 26.6 Å². The summed E-state index contributed by atoms with van der Waals surface area (Å²) < 4.78 is 0. The standard InChI is InChI=1S/C28H32N4O5/c29-17-7-12-24(30-18-20-13-15-23(33)16-14-20)27(36)32(19-25(34)35)28(37)31-26(21-8-3-1-4-9-21)22-10-5-2-6-11-22/h1-6,8-11,13-16,24,26,30,33H,7,12,17-19,29H2,(H,31,37)(H,34,35)/t24-/m0/s1. The monoisotopic (exact) mass is 504 g/mol. The number of benzene rings is 3. The Labute approximate surface area is 215 Å². The minimum absolute atomic E-state index is 0.121. The van der Waals surface area contributed by atoms with Crippen molar-refractivity contribution in [2.45, 2.75) is 31.5 Å². The molecule has 0 fully saturated rings. The van der Waals surface area contributed by atoms with Crippen LogP contribution in [0.2, 0.25) is 0 Å². The van der Waals surface area contributed by atoms with Gasteiger partial charge in [0.1, 0.15) is 12.3 Å². The second-order valence-corrected chi connectivity index (χ2v) is 8.55. The van der Waals surface area contributed by atoms with Crippen molar-refractivity contribution < 1.29 is 24.6 Å². The highest BCUT2D eigenvalue weighted by Gasteiger charge is 2.32. The number of aromatic hydroxyl groups is 1. The minimum atomic E-state index is -1.31. The fourth-order valence-corrected chi connectivity index (χ4v) is 3.91. The van der Waals surface area contributed by atoms with E-state index in [4.69, 9.17) is 5.73 Å². The third-order valence-corrected chi connectivity index (χ3v) is 5.82. The number of rotatable bonds is 12. The van der Waals surface area contributed by atoms with Gasteiger partial charge in [0.15, 0.2) is 0 Å². The lowest BCUT2D eigenvalue weighted by Crippen LogP contribution is -2.54. The van der Waals surface area contributed by atoms with E-state index in [-0.39, 0.29) is 12.3 Å². The van der Waals surface area contributed by atoms with Crippen LogP contribution in [0.25, 0.3) is 0 Å². The molecule has 9 nitrogen and oxygen atoms in total. The van der Waals surface area contributed by atoms with Gasteiger partial charge in [0, 0.05) is 6.54 Å². The van der Waals surface area contributed by atoms with Crippen molar-refractivity contribution in [2.75, 3.05) is 13.1 Å². The van der Waals surface area contributed by atoms with E-state index in [9.17, 15) is 24.6 Å². The molecule has 0 aromatic heterocycles. The lowest BCUT2D eigenvalue weighted by molar-refractivity contribution is -0.143. The number of nitrogens with two attached hydrogens (primary N) is 1. The quantitative estimate of drug-likeness (QED) is 0.255. The first-order chi connectivity index (χ1) is 17.9. The molecule has 6 N–H and O–H groups in total. The number of phenolic OH excluding ortho intramolecular Hbond substituents is 1. The Hall–Kier alpha value is -4.21. The van der Waals surface area contributed by atoms with Crippen molar-refractivity contribution in [3.63, 3.8) is 0 Å². The Morgan fingerprint density at radius 3 is 1.95 bits per heavy atom. The van der Waals surface area contributed by atoms with E-state index in [1.165, 1.54) is 12.1 Å². The van der Waals surface area contributed by atoms with E-state index in [1.54, 1.807) is 12.1 Å². The fourth-order valence-electron chi connectivity index (χ4n) is 3.91. The lowest BCUT2D eigenvalue weighted by Gasteiger charge is -2.28. The largest absolute Gasteiger partial charge is 0.508 e. The molecule has 0 aliphatic rings. The number of phenols is 1. The number of nitrogens with one attached hydrogen (secondary N) is 2. The highest BCUT2D eigenvalue weighted by molar-refractivity contribution is 5.99. The molecule has 194 valence electrons. The van der Waals surface area contributed by atoms with Gasteiger partial charge in [-0.15, -0.1) is 0 Å². The normalized spacial score (nSPS) is 11.6. The Kier molecular flexibility index (Phi) is 10.2. The van der Waals surface area contributed by atoms with E-state index < -0.39 is 36.5 Å². The van der Waals surface area contributed by atoms with Crippen LogP contribution in [0, 0.1) is 0 Å². The molecule has 0 unspecified atom stereocenters. The van der Waals surface area contributed by atoms with Gasteiger partial charge in [-0.05, 0) is 48.2 Å². The van der Waals surface area contributed by atoms with Crippen molar-refractivity contribution in [1.82, 2.24) is 15.5 Å². The SMILES string of the molecule is NCCC[C@H](NCc1ccc(O)cc1)C(=O)N(CC(=O)O)C(=O)NC(c1ccccc1)c1ccccc1. The summed E-state index contributed by atoms with van der Waals surface area (Å²) in [7, 11) is 0. The molecule has 0 aliphatic heterocycles. The van der Waals surface area contributed by atoms with E-state index >= 15 is 0 Å².